The largest absolute Gasteiger partial charge is 0.296 e. The summed E-state index contributed by atoms with van der Waals surface area (Å²) in [5, 5.41) is 0. The van der Waals surface area contributed by atoms with Gasteiger partial charge in [-0.15, -0.1) is 0 Å². The average Bonchev–Trinajstić information content (AvgIpc) is 2.29. The normalized spacial score (nSPS) is 10.1. The Balaban J connectivity index is 2.28. The van der Waals surface area contributed by atoms with Gasteiger partial charge in [0.2, 0.25) is 0 Å². The SMILES string of the molecule is Cc1nc(C=O)cc(Cc2cccnc2)n1. The zero-order valence-electron chi connectivity index (χ0n) is 8.92. The number of rotatable bonds is 3. The number of nitrogens with zero attached hydrogens (tertiary/aromatic N) is 3. The summed E-state index contributed by atoms with van der Waals surface area (Å²) in [4.78, 5) is 23.0. The highest BCUT2D eigenvalue weighted by molar-refractivity contribution is 5.71. The molecule has 4 nitrogen and oxygen atoms in total. The van der Waals surface area contributed by atoms with E-state index in [1.54, 1.807) is 25.4 Å². The quantitative estimate of drug-likeness (QED) is 0.726. The minimum atomic E-state index is 0.423. The van der Waals surface area contributed by atoms with Gasteiger partial charge < -0.3 is 0 Å². The first-order valence-electron chi connectivity index (χ1n) is 4.96. The summed E-state index contributed by atoms with van der Waals surface area (Å²) in [7, 11) is 0. The fourth-order valence-electron chi connectivity index (χ4n) is 1.52. The summed E-state index contributed by atoms with van der Waals surface area (Å²) < 4.78 is 0. The molecule has 0 saturated heterocycles. The van der Waals surface area contributed by atoms with Gasteiger partial charge in [0.05, 0.1) is 0 Å². The molecule has 2 heterocycles. The molecule has 0 aliphatic heterocycles. The van der Waals surface area contributed by atoms with Crippen molar-refractivity contribution in [1.29, 1.82) is 0 Å². The molecule has 0 unspecified atom stereocenters. The highest BCUT2D eigenvalue weighted by Gasteiger charge is 2.02. The van der Waals surface area contributed by atoms with E-state index >= 15 is 0 Å². The lowest BCUT2D eigenvalue weighted by Crippen LogP contribution is -2.00. The van der Waals surface area contributed by atoms with Crippen LogP contribution in [0, 0.1) is 6.92 Å². The van der Waals surface area contributed by atoms with Crippen LogP contribution < -0.4 is 0 Å². The Labute approximate surface area is 93.4 Å². The molecule has 4 heteroatoms. The lowest BCUT2D eigenvalue weighted by atomic mass is 10.1. The van der Waals surface area contributed by atoms with Crippen molar-refractivity contribution in [2.45, 2.75) is 13.3 Å². The van der Waals surface area contributed by atoms with Gasteiger partial charge in [-0.2, -0.15) is 0 Å². The third kappa shape index (κ3) is 2.48. The molecule has 0 spiro atoms. The second-order valence-corrected chi connectivity index (χ2v) is 3.49. The van der Waals surface area contributed by atoms with Crippen molar-refractivity contribution in [3.63, 3.8) is 0 Å². The van der Waals surface area contributed by atoms with E-state index < -0.39 is 0 Å². The number of aldehydes is 1. The van der Waals surface area contributed by atoms with Crippen LogP contribution in [-0.4, -0.2) is 21.2 Å². The Morgan fingerprint density at radius 3 is 2.94 bits per heavy atom. The van der Waals surface area contributed by atoms with Crippen molar-refractivity contribution in [3.05, 3.63) is 53.4 Å². The zero-order valence-corrected chi connectivity index (χ0v) is 8.92. The molecular formula is C12H11N3O. The van der Waals surface area contributed by atoms with E-state index in [-0.39, 0.29) is 0 Å². The molecule has 16 heavy (non-hydrogen) atoms. The van der Waals surface area contributed by atoms with Crippen LogP contribution in [0.5, 0.6) is 0 Å². The minimum Gasteiger partial charge on any atom is -0.296 e. The maximum atomic E-state index is 10.7. The lowest BCUT2D eigenvalue weighted by molar-refractivity contribution is 0.111. The second-order valence-electron chi connectivity index (χ2n) is 3.49. The monoisotopic (exact) mass is 213 g/mol. The van der Waals surface area contributed by atoms with Crippen molar-refractivity contribution >= 4 is 6.29 Å². The Morgan fingerprint density at radius 1 is 1.38 bits per heavy atom. The Hall–Kier alpha value is -2.10. The number of carbonyl (C=O) groups excluding carboxylic acids is 1. The fraction of sp³-hybridized carbons (Fsp3) is 0.167. The Bertz CT molecular complexity index is 497. The maximum absolute atomic E-state index is 10.7. The van der Waals surface area contributed by atoms with Crippen LogP contribution in [0.2, 0.25) is 0 Å². The van der Waals surface area contributed by atoms with Crippen molar-refractivity contribution in [3.8, 4) is 0 Å². The van der Waals surface area contributed by atoms with Crippen molar-refractivity contribution in [1.82, 2.24) is 15.0 Å². The molecule has 0 bridgehead atoms. The molecule has 0 atom stereocenters. The lowest BCUT2D eigenvalue weighted by Gasteiger charge is -2.02. The molecule has 0 aliphatic carbocycles. The summed E-state index contributed by atoms with van der Waals surface area (Å²) in [5.41, 5.74) is 2.33. The number of hydrogen-bond donors (Lipinski definition) is 0. The van der Waals surface area contributed by atoms with Crippen LogP contribution >= 0.6 is 0 Å². The molecule has 0 aromatic carbocycles. The molecule has 2 aromatic rings. The maximum Gasteiger partial charge on any atom is 0.168 e. The summed E-state index contributed by atoms with van der Waals surface area (Å²) in [6.07, 6.45) is 4.92. The predicted octanol–water partition coefficient (Wildman–Crippen LogP) is 1.58. The van der Waals surface area contributed by atoms with Crippen molar-refractivity contribution < 1.29 is 4.79 Å². The second kappa shape index (κ2) is 4.61. The van der Waals surface area contributed by atoms with Crippen LogP contribution in [0.3, 0.4) is 0 Å². The standard InChI is InChI=1S/C12H11N3O/c1-9-14-11(6-12(8-16)15-9)5-10-3-2-4-13-7-10/h2-4,6-8H,5H2,1H3. The number of hydrogen-bond acceptors (Lipinski definition) is 4. The van der Waals surface area contributed by atoms with Crippen LogP contribution in [0.25, 0.3) is 0 Å². The highest BCUT2D eigenvalue weighted by atomic mass is 16.1. The summed E-state index contributed by atoms with van der Waals surface area (Å²) >= 11 is 0. The van der Waals surface area contributed by atoms with E-state index in [0.29, 0.717) is 17.9 Å². The summed E-state index contributed by atoms with van der Waals surface area (Å²) in [6.45, 7) is 1.78. The first kappa shape index (κ1) is 10.4. The minimum absolute atomic E-state index is 0.423. The van der Waals surface area contributed by atoms with Crippen LogP contribution in [0.4, 0.5) is 0 Å². The molecule has 0 saturated carbocycles. The highest BCUT2D eigenvalue weighted by Crippen LogP contribution is 2.06. The van der Waals surface area contributed by atoms with Gasteiger partial charge in [-0.3, -0.25) is 9.78 Å². The van der Waals surface area contributed by atoms with E-state index in [2.05, 4.69) is 15.0 Å². The first-order chi connectivity index (χ1) is 7.78. The molecule has 0 radical (unpaired) electrons. The van der Waals surface area contributed by atoms with Crippen molar-refractivity contribution in [2.75, 3.05) is 0 Å². The van der Waals surface area contributed by atoms with Gasteiger partial charge in [0.15, 0.2) is 6.29 Å². The van der Waals surface area contributed by atoms with Gasteiger partial charge in [-0.1, -0.05) is 6.07 Å². The molecule has 0 aliphatic rings. The third-order valence-corrected chi connectivity index (χ3v) is 2.14. The molecule has 2 rings (SSSR count). The number of aromatic nitrogens is 3. The predicted molar refractivity (Wildman–Crippen MR) is 59.2 cm³/mol. The Morgan fingerprint density at radius 2 is 2.25 bits per heavy atom. The molecule has 2 aromatic heterocycles. The van der Waals surface area contributed by atoms with Gasteiger partial charge in [-0.25, -0.2) is 9.97 Å². The number of pyridine rings is 1. The molecule has 0 amide bonds. The summed E-state index contributed by atoms with van der Waals surface area (Å²) in [6, 6.07) is 5.56. The van der Waals surface area contributed by atoms with Crippen LogP contribution in [0.15, 0.2) is 30.6 Å². The van der Waals surface area contributed by atoms with E-state index in [0.717, 1.165) is 17.5 Å². The van der Waals surface area contributed by atoms with E-state index in [1.807, 2.05) is 12.1 Å². The molecule has 80 valence electrons. The van der Waals surface area contributed by atoms with Gasteiger partial charge in [-0.05, 0) is 24.6 Å². The average molecular weight is 213 g/mol. The third-order valence-electron chi connectivity index (χ3n) is 2.14. The van der Waals surface area contributed by atoms with E-state index in [4.69, 9.17) is 0 Å². The topological polar surface area (TPSA) is 55.7 Å². The van der Waals surface area contributed by atoms with E-state index in [9.17, 15) is 4.79 Å². The van der Waals surface area contributed by atoms with Crippen LogP contribution in [-0.2, 0) is 6.42 Å². The fourth-order valence-corrected chi connectivity index (χ4v) is 1.52. The number of aryl methyl sites for hydroxylation is 1. The number of carbonyl (C=O) groups is 1. The van der Waals surface area contributed by atoms with Gasteiger partial charge in [0.1, 0.15) is 11.5 Å². The smallest absolute Gasteiger partial charge is 0.168 e. The summed E-state index contributed by atoms with van der Waals surface area (Å²) in [5.74, 6) is 0.614. The molecule has 0 fully saturated rings. The Kier molecular flexibility index (Phi) is 3.00. The van der Waals surface area contributed by atoms with E-state index in [1.165, 1.54) is 0 Å². The van der Waals surface area contributed by atoms with Crippen molar-refractivity contribution in [2.24, 2.45) is 0 Å². The zero-order chi connectivity index (χ0) is 11.4. The van der Waals surface area contributed by atoms with Crippen LogP contribution in [0.1, 0.15) is 27.6 Å². The first-order valence-corrected chi connectivity index (χ1v) is 4.96. The van der Waals surface area contributed by atoms with Gasteiger partial charge in [0.25, 0.3) is 0 Å². The molecule has 0 N–H and O–H groups in total. The van der Waals surface area contributed by atoms with Gasteiger partial charge >= 0.3 is 0 Å². The molecular weight excluding hydrogens is 202 g/mol. The van der Waals surface area contributed by atoms with Gasteiger partial charge in [0, 0.05) is 24.5 Å².